The highest BCUT2D eigenvalue weighted by atomic mass is 32.1. The Balaban J connectivity index is 2.18. The predicted octanol–water partition coefficient (Wildman–Crippen LogP) is 3.68. The van der Waals surface area contributed by atoms with Crippen molar-refractivity contribution >= 4 is 28.9 Å². The Morgan fingerprint density at radius 1 is 1.15 bits per heavy atom. The largest absolute Gasteiger partial charge is 0.478 e. The van der Waals surface area contributed by atoms with Crippen LogP contribution in [0.4, 0.5) is 5.69 Å². The van der Waals surface area contributed by atoms with Crippen LogP contribution in [-0.2, 0) is 6.42 Å². The highest BCUT2D eigenvalue weighted by Gasteiger charge is 2.13. The zero-order valence-corrected chi connectivity index (χ0v) is 11.9. The molecule has 0 amide bonds. The number of para-hydroxylation sites is 1. The molecule has 0 radical (unpaired) electrons. The fourth-order valence-electron chi connectivity index (χ4n) is 1.98. The molecule has 0 atom stereocenters. The molecular weight excluding hydrogens is 270 g/mol. The number of nitrogens with one attached hydrogen (secondary N) is 1. The highest BCUT2D eigenvalue weighted by Crippen LogP contribution is 2.21. The quantitative estimate of drug-likeness (QED) is 0.841. The SMILES string of the molecule is Cc1cccc(C(=O)O)c1NC(=S)Cc1ccccc1. The summed E-state index contributed by atoms with van der Waals surface area (Å²) in [6.07, 6.45) is 0.587. The summed E-state index contributed by atoms with van der Waals surface area (Å²) in [5, 5.41) is 12.3. The highest BCUT2D eigenvalue weighted by molar-refractivity contribution is 7.80. The van der Waals surface area contributed by atoms with Gasteiger partial charge in [-0.1, -0.05) is 54.7 Å². The fraction of sp³-hybridized carbons (Fsp3) is 0.125. The van der Waals surface area contributed by atoms with Gasteiger partial charge < -0.3 is 10.4 Å². The van der Waals surface area contributed by atoms with Gasteiger partial charge in [-0.3, -0.25) is 0 Å². The van der Waals surface area contributed by atoms with Gasteiger partial charge in [0.25, 0.3) is 0 Å². The summed E-state index contributed by atoms with van der Waals surface area (Å²) in [6, 6.07) is 15.0. The molecule has 0 saturated carbocycles. The molecule has 0 saturated heterocycles. The predicted molar refractivity (Wildman–Crippen MR) is 84.5 cm³/mol. The maximum absolute atomic E-state index is 11.2. The second-order valence-corrected chi connectivity index (χ2v) is 5.01. The zero-order chi connectivity index (χ0) is 14.5. The van der Waals surface area contributed by atoms with Crippen molar-refractivity contribution in [2.45, 2.75) is 13.3 Å². The molecule has 0 heterocycles. The van der Waals surface area contributed by atoms with E-state index in [0.29, 0.717) is 17.1 Å². The van der Waals surface area contributed by atoms with E-state index in [9.17, 15) is 9.90 Å². The fourth-order valence-corrected chi connectivity index (χ4v) is 2.25. The molecule has 0 unspecified atom stereocenters. The smallest absolute Gasteiger partial charge is 0.337 e. The lowest BCUT2D eigenvalue weighted by molar-refractivity contribution is 0.0698. The molecule has 2 N–H and O–H groups in total. The van der Waals surface area contributed by atoms with Crippen molar-refractivity contribution < 1.29 is 9.90 Å². The number of thiocarbonyl (C=S) groups is 1. The van der Waals surface area contributed by atoms with Crippen molar-refractivity contribution in [3.05, 3.63) is 65.2 Å². The second kappa shape index (κ2) is 6.30. The van der Waals surface area contributed by atoms with Crippen LogP contribution in [-0.4, -0.2) is 16.1 Å². The maximum Gasteiger partial charge on any atom is 0.337 e. The standard InChI is InChI=1S/C16H15NO2S/c1-11-6-5-9-13(16(18)19)15(11)17-14(20)10-12-7-3-2-4-8-12/h2-9H,10H2,1H3,(H,17,20)(H,18,19). The van der Waals surface area contributed by atoms with Gasteiger partial charge in [-0.25, -0.2) is 4.79 Å². The third-order valence-electron chi connectivity index (χ3n) is 2.98. The number of carbonyl (C=O) groups is 1. The second-order valence-electron chi connectivity index (χ2n) is 4.51. The lowest BCUT2D eigenvalue weighted by Crippen LogP contribution is -2.16. The summed E-state index contributed by atoms with van der Waals surface area (Å²) < 4.78 is 0. The van der Waals surface area contributed by atoms with Crippen molar-refractivity contribution in [3.8, 4) is 0 Å². The van der Waals surface area contributed by atoms with Gasteiger partial charge in [0, 0.05) is 6.42 Å². The van der Waals surface area contributed by atoms with Gasteiger partial charge in [0.2, 0.25) is 0 Å². The van der Waals surface area contributed by atoms with Crippen LogP contribution in [0.2, 0.25) is 0 Å². The number of aromatic carboxylic acids is 1. The Morgan fingerprint density at radius 3 is 2.50 bits per heavy atom. The minimum atomic E-state index is -0.960. The van der Waals surface area contributed by atoms with Crippen molar-refractivity contribution in [1.29, 1.82) is 0 Å². The Labute approximate surface area is 123 Å². The van der Waals surface area contributed by atoms with Crippen LogP contribution in [0.5, 0.6) is 0 Å². The Morgan fingerprint density at radius 2 is 1.85 bits per heavy atom. The molecule has 20 heavy (non-hydrogen) atoms. The van der Waals surface area contributed by atoms with Gasteiger partial charge in [-0.15, -0.1) is 0 Å². The minimum Gasteiger partial charge on any atom is -0.478 e. The van der Waals surface area contributed by atoms with E-state index in [1.54, 1.807) is 12.1 Å². The maximum atomic E-state index is 11.2. The molecule has 0 bridgehead atoms. The van der Waals surface area contributed by atoms with Crippen LogP contribution in [0.1, 0.15) is 21.5 Å². The van der Waals surface area contributed by atoms with Gasteiger partial charge in [0.15, 0.2) is 0 Å². The van der Waals surface area contributed by atoms with Gasteiger partial charge in [0.05, 0.1) is 16.2 Å². The zero-order valence-electron chi connectivity index (χ0n) is 11.1. The number of carboxylic acids is 1. The molecule has 2 aromatic carbocycles. The van der Waals surface area contributed by atoms with Gasteiger partial charge >= 0.3 is 5.97 Å². The molecule has 2 rings (SSSR count). The lowest BCUT2D eigenvalue weighted by atomic mass is 10.1. The third kappa shape index (κ3) is 3.42. The molecule has 0 spiro atoms. The van der Waals surface area contributed by atoms with Crippen molar-refractivity contribution in [1.82, 2.24) is 0 Å². The van der Waals surface area contributed by atoms with Crippen LogP contribution in [0.3, 0.4) is 0 Å². The average molecular weight is 285 g/mol. The van der Waals surface area contributed by atoms with Crippen LogP contribution in [0.25, 0.3) is 0 Å². The normalized spacial score (nSPS) is 10.1. The molecule has 0 aliphatic rings. The lowest BCUT2D eigenvalue weighted by Gasteiger charge is -2.13. The van der Waals surface area contributed by atoms with E-state index in [4.69, 9.17) is 12.2 Å². The van der Waals surface area contributed by atoms with E-state index < -0.39 is 5.97 Å². The number of hydrogen-bond donors (Lipinski definition) is 2. The number of rotatable bonds is 4. The van der Waals surface area contributed by atoms with Crippen LogP contribution < -0.4 is 5.32 Å². The molecule has 102 valence electrons. The minimum absolute atomic E-state index is 0.236. The summed E-state index contributed by atoms with van der Waals surface area (Å²) in [5.41, 5.74) is 2.76. The van der Waals surface area contributed by atoms with E-state index in [-0.39, 0.29) is 5.56 Å². The topological polar surface area (TPSA) is 49.3 Å². The first-order valence-electron chi connectivity index (χ1n) is 6.24. The number of anilines is 1. The van der Waals surface area contributed by atoms with E-state index >= 15 is 0 Å². The van der Waals surface area contributed by atoms with Crippen molar-refractivity contribution in [3.63, 3.8) is 0 Å². The van der Waals surface area contributed by atoms with E-state index in [2.05, 4.69) is 5.32 Å². The molecule has 4 heteroatoms. The number of carboxylic acid groups (broad SMARTS) is 1. The molecule has 3 nitrogen and oxygen atoms in total. The summed E-state index contributed by atoms with van der Waals surface area (Å²) >= 11 is 5.32. The molecule has 0 aliphatic carbocycles. The first-order chi connectivity index (χ1) is 9.58. The number of hydrogen-bond acceptors (Lipinski definition) is 2. The summed E-state index contributed by atoms with van der Waals surface area (Å²) in [4.78, 5) is 11.8. The van der Waals surface area contributed by atoms with Gasteiger partial charge in [0.1, 0.15) is 0 Å². The first-order valence-corrected chi connectivity index (χ1v) is 6.65. The Kier molecular flexibility index (Phi) is 4.48. The first kappa shape index (κ1) is 14.2. The van der Waals surface area contributed by atoms with Crippen LogP contribution in [0.15, 0.2) is 48.5 Å². The van der Waals surface area contributed by atoms with Crippen LogP contribution in [0, 0.1) is 6.92 Å². The number of benzene rings is 2. The van der Waals surface area contributed by atoms with Gasteiger partial charge in [-0.2, -0.15) is 0 Å². The molecule has 0 aliphatic heterocycles. The average Bonchev–Trinajstić information content (AvgIpc) is 2.42. The monoisotopic (exact) mass is 285 g/mol. The van der Waals surface area contributed by atoms with Crippen molar-refractivity contribution in [2.24, 2.45) is 0 Å². The van der Waals surface area contributed by atoms with Gasteiger partial charge in [-0.05, 0) is 24.1 Å². The third-order valence-corrected chi connectivity index (χ3v) is 3.22. The van der Waals surface area contributed by atoms with E-state index in [1.807, 2.05) is 43.3 Å². The summed E-state index contributed by atoms with van der Waals surface area (Å²) in [5.74, 6) is -0.960. The molecule has 2 aromatic rings. The van der Waals surface area contributed by atoms with E-state index in [1.165, 1.54) is 0 Å². The molecule has 0 aromatic heterocycles. The summed E-state index contributed by atoms with van der Waals surface area (Å²) in [7, 11) is 0. The summed E-state index contributed by atoms with van der Waals surface area (Å²) in [6.45, 7) is 1.86. The Hall–Kier alpha value is -2.20. The van der Waals surface area contributed by atoms with E-state index in [0.717, 1.165) is 11.1 Å². The van der Waals surface area contributed by atoms with Crippen molar-refractivity contribution in [2.75, 3.05) is 5.32 Å². The Bertz CT molecular complexity index is 638. The molecular formula is C16H15NO2S. The molecule has 0 fully saturated rings. The van der Waals surface area contributed by atoms with Crippen LogP contribution >= 0.6 is 12.2 Å². The number of aryl methyl sites for hydroxylation is 1.